The third-order valence-corrected chi connectivity index (χ3v) is 1.36. The fourth-order valence-corrected chi connectivity index (χ4v) is 0.797. The van der Waals surface area contributed by atoms with Crippen LogP contribution in [0.3, 0.4) is 0 Å². The summed E-state index contributed by atoms with van der Waals surface area (Å²) in [7, 11) is 0. The number of carbonyl (C=O) groups is 1. The molecule has 0 saturated heterocycles. The first kappa shape index (κ1) is 12.7. The molecule has 0 aliphatic heterocycles. The summed E-state index contributed by atoms with van der Waals surface area (Å²) in [5.41, 5.74) is 0. The van der Waals surface area contributed by atoms with Gasteiger partial charge >= 0.3 is 5.97 Å². The molecule has 0 unspecified atom stereocenters. The van der Waals surface area contributed by atoms with E-state index in [9.17, 15) is 4.79 Å². The monoisotopic (exact) mass is 200 g/mol. The van der Waals surface area contributed by atoms with Crippen molar-refractivity contribution in [2.75, 3.05) is 13.2 Å². The van der Waals surface area contributed by atoms with Crippen molar-refractivity contribution < 1.29 is 14.3 Å². The SMILES string of the molecule is CCOC[C@H](NC#N)C(=O)OC(C)C. The number of rotatable bonds is 6. The number of hydrogen-bond acceptors (Lipinski definition) is 5. The molecule has 1 N–H and O–H groups in total. The average Bonchev–Trinajstić information content (AvgIpc) is 2.10. The van der Waals surface area contributed by atoms with E-state index in [4.69, 9.17) is 14.7 Å². The largest absolute Gasteiger partial charge is 0.461 e. The molecule has 0 saturated carbocycles. The van der Waals surface area contributed by atoms with Gasteiger partial charge in [0.25, 0.3) is 0 Å². The molecule has 0 radical (unpaired) electrons. The molecule has 0 heterocycles. The summed E-state index contributed by atoms with van der Waals surface area (Å²) in [4.78, 5) is 11.3. The van der Waals surface area contributed by atoms with E-state index in [-0.39, 0.29) is 12.7 Å². The van der Waals surface area contributed by atoms with Gasteiger partial charge in [0.1, 0.15) is 0 Å². The van der Waals surface area contributed by atoms with Crippen LogP contribution in [0.2, 0.25) is 0 Å². The van der Waals surface area contributed by atoms with Crippen LogP contribution in [0, 0.1) is 11.5 Å². The van der Waals surface area contributed by atoms with Gasteiger partial charge in [-0.25, -0.2) is 4.79 Å². The highest BCUT2D eigenvalue weighted by molar-refractivity contribution is 5.76. The van der Waals surface area contributed by atoms with Crippen molar-refractivity contribution in [2.24, 2.45) is 0 Å². The van der Waals surface area contributed by atoms with Crippen LogP contribution in [0.1, 0.15) is 20.8 Å². The number of ether oxygens (including phenoxy) is 2. The zero-order valence-corrected chi connectivity index (χ0v) is 8.74. The van der Waals surface area contributed by atoms with E-state index >= 15 is 0 Å². The Morgan fingerprint density at radius 2 is 2.21 bits per heavy atom. The van der Waals surface area contributed by atoms with Gasteiger partial charge in [-0.1, -0.05) is 0 Å². The van der Waals surface area contributed by atoms with Crippen molar-refractivity contribution in [2.45, 2.75) is 32.9 Å². The van der Waals surface area contributed by atoms with Crippen molar-refractivity contribution in [1.82, 2.24) is 5.32 Å². The molecule has 5 heteroatoms. The topological polar surface area (TPSA) is 71.3 Å². The zero-order chi connectivity index (χ0) is 11.0. The van der Waals surface area contributed by atoms with Gasteiger partial charge in [-0.3, -0.25) is 0 Å². The Morgan fingerprint density at radius 3 is 2.64 bits per heavy atom. The van der Waals surface area contributed by atoms with Gasteiger partial charge in [0.2, 0.25) is 0 Å². The summed E-state index contributed by atoms with van der Waals surface area (Å²) in [6, 6.07) is -0.706. The highest BCUT2D eigenvalue weighted by Crippen LogP contribution is 1.95. The number of nitrogens with zero attached hydrogens (tertiary/aromatic N) is 1. The number of nitrogens with one attached hydrogen (secondary N) is 1. The van der Waals surface area contributed by atoms with E-state index in [1.165, 1.54) is 0 Å². The molecule has 0 amide bonds. The van der Waals surface area contributed by atoms with Crippen molar-refractivity contribution in [3.05, 3.63) is 0 Å². The third-order valence-electron chi connectivity index (χ3n) is 1.36. The molecule has 5 nitrogen and oxygen atoms in total. The van der Waals surface area contributed by atoms with Crippen molar-refractivity contribution >= 4 is 5.97 Å². The molecule has 0 rings (SSSR count). The van der Waals surface area contributed by atoms with Crippen molar-refractivity contribution in [3.63, 3.8) is 0 Å². The highest BCUT2D eigenvalue weighted by Gasteiger charge is 2.20. The van der Waals surface area contributed by atoms with Gasteiger partial charge in [-0.05, 0) is 20.8 Å². The van der Waals surface area contributed by atoms with Gasteiger partial charge in [0.05, 0.1) is 12.7 Å². The van der Waals surface area contributed by atoms with Crippen LogP contribution in [0.5, 0.6) is 0 Å². The Labute approximate surface area is 84.0 Å². The molecular weight excluding hydrogens is 184 g/mol. The van der Waals surface area contributed by atoms with Crippen LogP contribution < -0.4 is 5.32 Å². The van der Waals surface area contributed by atoms with Crippen LogP contribution in [-0.4, -0.2) is 31.3 Å². The Balaban J connectivity index is 4.05. The molecule has 0 aliphatic rings. The lowest BCUT2D eigenvalue weighted by Crippen LogP contribution is -2.40. The van der Waals surface area contributed by atoms with Gasteiger partial charge in [-0.2, -0.15) is 5.26 Å². The van der Waals surface area contributed by atoms with E-state index in [1.54, 1.807) is 20.0 Å². The van der Waals surface area contributed by atoms with Gasteiger partial charge < -0.3 is 14.8 Å². The number of hydrogen-bond donors (Lipinski definition) is 1. The number of nitriles is 1. The van der Waals surface area contributed by atoms with Gasteiger partial charge in [0, 0.05) is 6.61 Å². The minimum absolute atomic E-state index is 0.148. The molecule has 14 heavy (non-hydrogen) atoms. The molecule has 0 aromatic rings. The first-order chi connectivity index (χ1) is 6.61. The second kappa shape index (κ2) is 7.15. The van der Waals surface area contributed by atoms with E-state index in [0.717, 1.165) is 0 Å². The van der Waals surface area contributed by atoms with E-state index in [1.807, 2.05) is 6.92 Å². The number of carbonyl (C=O) groups excluding carboxylic acids is 1. The highest BCUT2D eigenvalue weighted by atomic mass is 16.5. The normalized spacial score (nSPS) is 11.9. The summed E-state index contributed by atoms with van der Waals surface area (Å²) >= 11 is 0. The molecule has 0 bridgehead atoms. The zero-order valence-electron chi connectivity index (χ0n) is 8.74. The Morgan fingerprint density at radius 1 is 1.57 bits per heavy atom. The number of esters is 1. The Bertz CT molecular complexity index is 211. The molecular formula is C9H16N2O3. The van der Waals surface area contributed by atoms with Crippen molar-refractivity contribution in [3.8, 4) is 6.19 Å². The predicted octanol–water partition coefficient (Wildman–Crippen LogP) is 0.414. The standard InChI is InChI=1S/C9H16N2O3/c1-4-13-5-8(11-6-10)9(12)14-7(2)3/h7-8,11H,4-5H2,1-3H3/t8-/m0/s1. The summed E-state index contributed by atoms with van der Waals surface area (Å²) in [6.07, 6.45) is 1.51. The third kappa shape index (κ3) is 5.38. The molecule has 0 spiro atoms. The van der Waals surface area contributed by atoms with Crippen LogP contribution in [0.4, 0.5) is 0 Å². The summed E-state index contributed by atoms with van der Waals surface area (Å²) in [5, 5.41) is 10.7. The maximum atomic E-state index is 11.3. The molecule has 0 aromatic carbocycles. The Kier molecular flexibility index (Phi) is 6.50. The maximum absolute atomic E-state index is 11.3. The molecule has 0 fully saturated rings. The minimum Gasteiger partial charge on any atom is -0.461 e. The first-order valence-corrected chi connectivity index (χ1v) is 4.54. The van der Waals surface area contributed by atoms with E-state index < -0.39 is 12.0 Å². The van der Waals surface area contributed by atoms with Gasteiger partial charge in [-0.15, -0.1) is 0 Å². The summed E-state index contributed by atoms with van der Waals surface area (Å²) in [6.45, 7) is 5.97. The van der Waals surface area contributed by atoms with Crippen LogP contribution in [0.15, 0.2) is 0 Å². The lowest BCUT2D eigenvalue weighted by molar-refractivity contribution is -0.151. The van der Waals surface area contributed by atoms with E-state index in [2.05, 4.69) is 5.32 Å². The van der Waals surface area contributed by atoms with Gasteiger partial charge in [0.15, 0.2) is 12.2 Å². The maximum Gasteiger partial charge on any atom is 0.331 e. The van der Waals surface area contributed by atoms with Crippen LogP contribution in [0.25, 0.3) is 0 Å². The van der Waals surface area contributed by atoms with Crippen LogP contribution >= 0.6 is 0 Å². The average molecular weight is 200 g/mol. The first-order valence-electron chi connectivity index (χ1n) is 4.54. The fourth-order valence-electron chi connectivity index (χ4n) is 0.797. The molecule has 80 valence electrons. The lowest BCUT2D eigenvalue weighted by Gasteiger charge is -2.15. The molecule has 0 aliphatic carbocycles. The summed E-state index contributed by atoms with van der Waals surface area (Å²) in [5.74, 6) is -0.463. The van der Waals surface area contributed by atoms with E-state index in [0.29, 0.717) is 6.61 Å². The minimum atomic E-state index is -0.706. The predicted molar refractivity (Wildman–Crippen MR) is 50.3 cm³/mol. The quantitative estimate of drug-likeness (QED) is 0.382. The Hall–Kier alpha value is -1.28. The van der Waals surface area contributed by atoms with Crippen LogP contribution in [-0.2, 0) is 14.3 Å². The second-order valence-corrected chi connectivity index (χ2v) is 2.95. The smallest absolute Gasteiger partial charge is 0.331 e. The molecule has 0 aromatic heterocycles. The fraction of sp³-hybridized carbons (Fsp3) is 0.778. The lowest BCUT2D eigenvalue weighted by atomic mass is 10.3. The summed E-state index contributed by atoms with van der Waals surface area (Å²) < 4.78 is 9.97. The molecule has 1 atom stereocenters. The second-order valence-electron chi connectivity index (χ2n) is 2.95. The van der Waals surface area contributed by atoms with Crippen molar-refractivity contribution in [1.29, 1.82) is 5.26 Å².